The largest absolute Gasteiger partial charge is 0.342 e. The van der Waals surface area contributed by atoms with E-state index in [-0.39, 0.29) is 5.91 Å². The molecule has 122 valence electrons. The summed E-state index contributed by atoms with van der Waals surface area (Å²) in [6.07, 6.45) is 3.49. The van der Waals surface area contributed by atoms with E-state index in [2.05, 4.69) is 10.1 Å². The second-order valence-electron chi connectivity index (χ2n) is 5.76. The Bertz CT molecular complexity index is 665. The minimum absolute atomic E-state index is 0.216. The first-order chi connectivity index (χ1) is 11.2. The standard InChI is InChI=1S/C17H21N3O2S/c1-13-7-3-4-8-14(13)17-18-15(22-19-17)11-23-12-16(21)20-9-5-2-6-10-20/h3-4,7-8H,2,5-6,9-12H2,1H3. The molecule has 0 radical (unpaired) electrons. The molecule has 1 aromatic heterocycles. The summed E-state index contributed by atoms with van der Waals surface area (Å²) in [6.45, 7) is 3.83. The highest BCUT2D eigenvalue weighted by Crippen LogP contribution is 2.21. The fourth-order valence-electron chi connectivity index (χ4n) is 2.71. The number of aryl methyl sites for hydroxylation is 1. The van der Waals surface area contributed by atoms with Crippen molar-refractivity contribution in [1.29, 1.82) is 0 Å². The van der Waals surface area contributed by atoms with E-state index in [9.17, 15) is 4.79 Å². The molecule has 1 aliphatic rings. The van der Waals surface area contributed by atoms with Crippen LogP contribution < -0.4 is 0 Å². The molecular weight excluding hydrogens is 310 g/mol. The van der Waals surface area contributed by atoms with Gasteiger partial charge in [0.25, 0.3) is 0 Å². The Kier molecular flexibility index (Phi) is 5.33. The lowest BCUT2D eigenvalue weighted by Crippen LogP contribution is -2.36. The van der Waals surface area contributed by atoms with Gasteiger partial charge in [-0.25, -0.2) is 0 Å². The first-order valence-electron chi connectivity index (χ1n) is 7.98. The molecular formula is C17H21N3O2S. The van der Waals surface area contributed by atoms with Crippen LogP contribution >= 0.6 is 11.8 Å². The van der Waals surface area contributed by atoms with E-state index in [1.165, 1.54) is 18.2 Å². The summed E-state index contributed by atoms with van der Waals surface area (Å²) in [5.41, 5.74) is 2.10. The smallest absolute Gasteiger partial charge is 0.236 e. The topological polar surface area (TPSA) is 59.2 Å². The molecule has 1 aliphatic heterocycles. The first-order valence-corrected chi connectivity index (χ1v) is 9.13. The maximum absolute atomic E-state index is 12.1. The number of hydrogen-bond acceptors (Lipinski definition) is 5. The zero-order chi connectivity index (χ0) is 16.1. The average molecular weight is 331 g/mol. The van der Waals surface area contributed by atoms with Crippen LogP contribution in [-0.4, -0.2) is 39.8 Å². The fourth-order valence-corrected chi connectivity index (χ4v) is 3.46. The van der Waals surface area contributed by atoms with Gasteiger partial charge in [0.15, 0.2) is 0 Å². The Morgan fingerprint density at radius 1 is 1.26 bits per heavy atom. The predicted octanol–water partition coefficient (Wildman–Crippen LogP) is 3.29. The van der Waals surface area contributed by atoms with Crippen molar-refractivity contribution in [3.63, 3.8) is 0 Å². The van der Waals surface area contributed by atoms with Crippen LogP contribution in [0.3, 0.4) is 0 Å². The van der Waals surface area contributed by atoms with Crippen LogP contribution in [0.2, 0.25) is 0 Å². The normalized spacial score (nSPS) is 14.9. The number of amides is 1. The highest BCUT2D eigenvalue weighted by atomic mass is 32.2. The number of rotatable bonds is 5. The Hall–Kier alpha value is -1.82. The first kappa shape index (κ1) is 16.1. The zero-order valence-electron chi connectivity index (χ0n) is 13.3. The van der Waals surface area contributed by atoms with Crippen molar-refractivity contribution < 1.29 is 9.32 Å². The maximum atomic E-state index is 12.1. The van der Waals surface area contributed by atoms with Gasteiger partial charge in [0.2, 0.25) is 17.6 Å². The molecule has 0 unspecified atom stereocenters. The Balaban J connectivity index is 1.51. The molecule has 5 nitrogen and oxygen atoms in total. The van der Waals surface area contributed by atoms with Gasteiger partial charge in [-0.05, 0) is 31.7 Å². The van der Waals surface area contributed by atoms with Crippen molar-refractivity contribution in [1.82, 2.24) is 15.0 Å². The molecule has 1 aromatic carbocycles. The molecule has 1 saturated heterocycles. The molecule has 0 bridgehead atoms. The second-order valence-corrected chi connectivity index (χ2v) is 6.75. The van der Waals surface area contributed by atoms with E-state index in [1.54, 1.807) is 0 Å². The zero-order valence-corrected chi connectivity index (χ0v) is 14.1. The minimum atomic E-state index is 0.216. The van der Waals surface area contributed by atoms with Gasteiger partial charge in [-0.1, -0.05) is 29.4 Å². The lowest BCUT2D eigenvalue weighted by Gasteiger charge is -2.26. The molecule has 2 heterocycles. The molecule has 0 N–H and O–H groups in total. The summed E-state index contributed by atoms with van der Waals surface area (Å²) < 4.78 is 5.29. The quantitative estimate of drug-likeness (QED) is 0.841. The number of carbonyl (C=O) groups is 1. The lowest BCUT2D eigenvalue weighted by molar-refractivity contribution is -0.129. The third-order valence-corrected chi connectivity index (χ3v) is 4.92. The SMILES string of the molecule is Cc1ccccc1-c1noc(CSCC(=O)N2CCCCC2)n1. The van der Waals surface area contributed by atoms with Crippen LogP contribution in [0, 0.1) is 6.92 Å². The highest BCUT2D eigenvalue weighted by Gasteiger charge is 2.17. The maximum Gasteiger partial charge on any atom is 0.236 e. The molecule has 0 spiro atoms. The lowest BCUT2D eigenvalue weighted by atomic mass is 10.1. The number of piperidine rings is 1. The summed E-state index contributed by atoms with van der Waals surface area (Å²) in [5, 5.41) is 4.04. The van der Waals surface area contributed by atoms with Gasteiger partial charge in [0.05, 0.1) is 11.5 Å². The van der Waals surface area contributed by atoms with Crippen LogP contribution in [0.15, 0.2) is 28.8 Å². The summed E-state index contributed by atoms with van der Waals surface area (Å²) in [7, 11) is 0. The van der Waals surface area contributed by atoms with Crippen LogP contribution in [0.1, 0.15) is 30.7 Å². The van der Waals surface area contributed by atoms with E-state index in [0.29, 0.717) is 23.2 Å². The van der Waals surface area contributed by atoms with Gasteiger partial charge in [0, 0.05) is 18.7 Å². The van der Waals surface area contributed by atoms with Crippen molar-refractivity contribution in [2.45, 2.75) is 31.9 Å². The number of likely N-dealkylation sites (tertiary alicyclic amines) is 1. The number of nitrogens with zero attached hydrogens (tertiary/aromatic N) is 3. The number of benzene rings is 1. The average Bonchev–Trinajstić information content (AvgIpc) is 3.04. The van der Waals surface area contributed by atoms with Crippen molar-refractivity contribution in [2.75, 3.05) is 18.8 Å². The van der Waals surface area contributed by atoms with Crippen LogP contribution in [0.5, 0.6) is 0 Å². The summed E-state index contributed by atoms with van der Waals surface area (Å²) in [4.78, 5) is 18.5. The van der Waals surface area contributed by atoms with E-state index >= 15 is 0 Å². The van der Waals surface area contributed by atoms with E-state index in [4.69, 9.17) is 4.52 Å². The second kappa shape index (κ2) is 7.64. The van der Waals surface area contributed by atoms with Crippen molar-refractivity contribution in [3.05, 3.63) is 35.7 Å². The van der Waals surface area contributed by atoms with Crippen molar-refractivity contribution in [3.8, 4) is 11.4 Å². The molecule has 0 saturated carbocycles. The Morgan fingerprint density at radius 3 is 2.83 bits per heavy atom. The van der Waals surface area contributed by atoms with Gasteiger partial charge in [-0.3, -0.25) is 4.79 Å². The van der Waals surface area contributed by atoms with Gasteiger partial charge in [-0.15, -0.1) is 11.8 Å². The third-order valence-electron chi connectivity index (χ3n) is 4.01. The summed E-state index contributed by atoms with van der Waals surface area (Å²) in [6, 6.07) is 7.96. The van der Waals surface area contributed by atoms with E-state index in [1.807, 2.05) is 36.1 Å². The third kappa shape index (κ3) is 4.13. The monoisotopic (exact) mass is 331 g/mol. The molecule has 2 aromatic rings. The molecule has 6 heteroatoms. The van der Waals surface area contributed by atoms with E-state index < -0.39 is 0 Å². The number of hydrogen-bond donors (Lipinski definition) is 0. The van der Waals surface area contributed by atoms with Crippen LogP contribution in [-0.2, 0) is 10.5 Å². The van der Waals surface area contributed by atoms with Crippen molar-refractivity contribution >= 4 is 17.7 Å². The fraction of sp³-hybridized carbons (Fsp3) is 0.471. The van der Waals surface area contributed by atoms with Crippen LogP contribution in [0.25, 0.3) is 11.4 Å². The number of thioether (sulfide) groups is 1. The van der Waals surface area contributed by atoms with Gasteiger partial charge >= 0.3 is 0 Å². The Labute approximate surface area is 140 Å². The molecule has 1 amide bonds. The number of aromatic nitrogens is 2. The Morgan fingerprint density at radius 2 is 2.04 bits per heavy atom. The molecule has 23 heavy (non-hydrogen) atoms. The van der Waals surface area contributed by atoms with Crippen LogP contribution in [0.4, 0.5) is 0 Å². The summed E-state index contributed by atoms with van der Waals surface area (Å²) >= 11 is 1.53. The molecule has 0 atom stereocenters. The predicted molar refractivity (Wildman–Crippen MR) is 91.1 cm³/mol. The summed E-state index contributed by atoms with van der Waals surface area (Å²) in [5.74, 6) is 2.44. The van der Waals surface area contributed by atoms with Gasteiger partial charge in [-0.2, -0.15) is 4.98 Å². The van der Waals surface area contributed by atoms with Gasteiger partial charge < -0.3 is 9.42 Å². The minimum Gasteiger partial charge on any atom is -0.342 e. The molecule has 1 fully saturated rings. The highest BCUT2D eigenvalue weighted by molar-refractivity contribution is 7.99. The van der Waals surface area contributed by atoms with E-state index in [0.717, 1.165) is 37.1 Å². The van der Waals surface area contributed by atoms with Gasteiger partial charge in [0.1, 0.15) is 0 Å². The molecule has 3 rings (SSSR count). The van der Waals surface area contributed by atoms with Crippen molar-refractivity contribution in [2.24, 2.45) is 0 Å². The molecule has 0 aliphatic carbocycles. The number of carbonyl (C=O) groups excluding carboxylic acids is 1.